The minimum atomic E-state index is 0.200. The first-order valence-corrected chi connectivity index (χ1v) is 8.82. The molecule has 0 radical (unpaired) electrons. The summed E-state index contributed by atoms with van der Waals surface area (Å²) >= 11 is 0. The average Bonchev–Trinajstić information content (AvgIpc) is 3.04. The third kappa shape index (κ3) is 3.54. The molecular weight excluding hydrogens is 320 g/mol. The van der Waals surface area contributed by atoms with Crippen LogP contribution in [-0.4, -0.2) is 51.8 Å². The van der Waals surface area contributed by atoms with Crippen molar-refractivity contribution in [2.45, 2.75) is 31.8 Å². The highest BCUT2D eigenvalue weighted by Crippen LogP contribution is 2.42. The number of methoxy groups -OCH3 is 3. The van der Waals surface area contributed by atoms with Crippen LogP contribution in [0.4, 0.5) is 0 Å². The van der Waals surface area contributed by atoms with Crippen molar-refractivity contribution in [2.24, 2.45) is 11.8 Å². The smallest absolute Gasteiger partial charge is 0.220 e. The molecule has 1 aliphatic heterocycles. The Labute approximate surface area is 149 Å². The van der Waals surface area contributed by atoms with Crippen molar-refractivity contribution in [2.75, 3.05) is 34.9 Å². The van der Waals surface area contributed by atoms with Crippen molar-refractivity contribution >= 4 is 5.91 Å². The Hall–Kier alpha value is -1.95. The predicted octanol–water partition coefficient (Wildman–Crippen LogP) is 2.06. The van der Waals surface area contributed by atoms with E-state index < -0.39 is 0 Å². The van der Waals surface area contributed by atoms with E-state index in [9.17, 15) is 4.79 Å². The van der Waals surface area contributed by atoms with Crippen LogP contribution < -0.4 is 19.5 Å². The molecule has 1 N–H and O–H groups in total. The van der Waals surface area contributed by atoms with Gasteiger partial charge in [0.15, 0.2) is 11.5 Å². The van der Waals surface area contributed by atoms with Crippen molar-refractivity contribution in [1.29, 1.82) is 0 Å². The largest absolute Gasteiger partial charge is 0.493 e. The van der Waals surface area contributed by atoms with Crippen LogP contribution in [0.5, 0.6) is 17.2 Å². The summed E-state index contributed by atoms with van der Waals surface area (Å²) in [6.45, 7) is 1.60. The second-order valence-corrected chi connectivity index (χ2v) is 7.06. The molecule has 1 aliphatic carbocycles. The monoisotopic (exact) mass is 348 g/mol. The number of nitrogens with zero attached hydrogens (tertiary/aromatic N) is 1. The summed E-state index contributed by atoms with van der Waals surface area (Å²) in [5, 5.41) is 3.00. The summed E-state index contributed by atoms with van der Waals surface area (Å²) in [6, 6.07) is 4.44. The quantitative estimate of drug-likeness (QED) is 0.853. The van der Waals surface area contributed by atoms with Crippen LogP contribution >= 0.6 is 0 Å². The number of hydrogen-bond acceptors (Lipinski definition) is 5. The molecule has 6 heteroatoms. The van der Waals surface area contributed by atoms with Crippen molar-refractivity contribution < 1.29 is 19.0 Å². The first-order valence-electron chi connectivity index (χ1n) is 8.82. The van der Waals surface area contributed by atoms with Crippen molar-refractivity contribution in [3.05, 3.63) is 17.7 Å². The van der Waals surface area contributed by atoms with E-state index in [1.54, 1.807) is 21.3 Å². The molecule has 138 valence electrons. The number of fused-ring (bicyclic) bond motifs is 1. The molecule has 1 amide bonds. The molecule has 0 spiro atoms. The van der Waals surface area contributed by atoms with Gasteiger partial charge in [0.2, 0.25) is 11.7 Å². The van der Waals surface area contributed by atoms with Gasteiger partial charge in [-0.3, -0.25) is 9.69 Å². The van der Waals surface area contributed by atoms with E-state index in [4.69, 9.17) is 14.2 Å². The number of carbonyl (C=O) groups is 1. The molecule has 25 heavy (non-hydrogen) atoms. The molecule has 3 rings (SSSR count). The topological polar surface area (TPSA) is 60.0 Å². The molecule has 3 atom stereocenters. The zero-order valence-corrected chi connectivity index (χ0v) is 15.5. The third-order valence-corrected chi connectivity index (χ3v) is 5.65. The van der Waals surface area contributed by atoms with Crippen LogP contribution in [0.2, 0.25) is 0 Å². The Bertz CT molecular complexity index is 634. The predicted molar refractivity (Wildman–Crippen MR) is 95.2 cm³/mol. The van der Waals surface area contributed by atoms with Gasteiger partial charge in [0.25, 0.3) is 0 Å². The van der Waals surface area contributed by atoms with Gasteiger partial charge in [-0.25, -0.2) is 0 Å². The zero-order chi connectivity index (χ0) is 18.0. The van der Waals surface area contributed by atoms with Gasteiger partial charge in [-0.05, 0) is 37.8 Å². The van der Waals surface area contributed by atoms with Crippen LogP contribution in [-0.2, 0) is 11.3 Å². The lowest BCUT2D eigenvalue weighted by molar-refractivity contribution is -0.124. The van der Waals surface area contributed by atoms with Gasteiger partial charge < -0.3 is 19.5 Å². The lowest BCUT2D eigenvalue weighted by Gasteiger charge is -2.26. The fourth-order valence-corrected chi connectivity index (χ4v) is 4.28. The minimum absolute atomic E-state index is 0.200. The van der Waals surface area contributed by atoms with Gasteiger partial charge in [0.1, 0.15) is 0 Å². The number of rotatable bonds is 6. The highest BCUT2D eigenvalue weighted by atomic mass is 16.5. The number of hydrogen-bond donors (Lipinski definition) is 1. The Balaban J connectivity index is 1.73. The Morgan fingerprint density at radius 3 is 2.48 bits per heavy atom. The maximum atomic E-state index is 11.6. The molecule has 0 bridgehead atoms. The van der Waals surface area contributed by atoms with Crippen LogP contribution in [0, 0.1) is 11.8 Å². The Morgan fingerprint density at radius 2 is 1.80 bits per heavy atom. The number of piperidine rings is 1. The lowest BCUT2D eigenvalue weighted by atomic mass is 9.89. The SMILES string of the molecule is COc1ccc(CN(C)[C@H]2C[C@H]3CNC(=O)C[C@H]3C2)c(OC)c1OC. The van der Waals surface area contributed by atoms with Crippen LogP contribution in [0.25, 0.3) is 0 Å². The number of nitrogens with one attached hydrogen (secondary N) is 1. The number of carbonyl (C=O) groups excluding carboxylic acids is 1. The van der Waals surface area contributed by atoms with Crippen molar-refractivity contribution in [3.8, 4) is 17.2 Å². The summed E-state index contributed by atoms with van der Waals surface area (Å²) in [5.74, 6) is 3.35. The van der Waals surface area contributed by atoms with E-state index in [2.05, 4.69) is 17.3 Å². The van der Waals surface area contributed by atoms with E-state index >= 15 is 0 Å². The number of ether oxygens (including phenoxy) is 3. The number of benzene rings is 1. The summed E-state index contributed by atoms with van der Waals surface area (Å²) in [6.07, 6.45) is 2.90. The fraction of sp³-hybridized carbons (Fsp3) is 0.632. The van der Waals surface area contributed by atoms with E-state index in [0.717, 1.165) is 37.2 Å². The average molecular weight is 348 g/mol. The molecule has 2 aliphatic rings. The fourth-order valence-electron chi connectivity index (χ4n) is 4.28. The molecular formula is C19H28N2O4. The van der Waals surface area contributed by atoms with Crippen molar-refractivity contribution in [3.63, 3.8) is 0 Å². The van der Waals surface area contributed by atoms with E-state index in [0.29, 0.717) is 35.8 Å². The molecule has 6 nitrogen and oxygen atoms in total. The summed E-state index contributed by atoms with van der Waals surface area (Å²) in [5.41, 5.74) is 1.08. The molecule has 1 heterocycles. The standard InChI is InChI=1S/C19H28N2O4/c1-21(15-7-13-9-17(22)20-10-14(13)8-15)11-12-5-6-16(23-2)19(25-4)18(12)24-3/h5-6,13-15H,7-11H2,1-4H3,(H,20,22)/t13-,14+,15-/m1/s1. The third-order valence-electron chi connectivity index (χ3n) is 5.65. The second kappa shape index (κ2) is 7.52. The van der Waals surface area contributed by atoms with E-state index in [1.807, 2.05) is 12.1 Å². The van der Waals surface area contributed by atoms with Crippen molar-refractivity contribution in [1.82, 2.24) is 10.2 Å². The lowest BCUT2D eigenvalue weighted by Crippen LogP contribution is -2.38. The summed E-state index contributed by atoms with van der Waals surface area (Å²) in [7, 11) is 7.05. The molecule has 1 saturated carbocycles. The Kier molecular flexibility index (Phi) is 5.37. The highest BCUT2D eigenvalue weighted by molar-refractivity contribution is 5.77. The minimum Gasteiger partial charge on any atom is -0.493 e. The summed E-state index contributed by atoms with van der Waals surface area (Å²) in [4.78, 5) is 14.0. The van der Waals surface area contributed by atoms with E-state index in [1.165, 1.54) is 0 Å². The Morgan fingerprint density at radius 1 is 1.08 bits per heavy atom. The van der Waals surface area contributed by atoms with Gasteiger partial charge >= 0.3 is 0 Å². The van der Waals surface area contributed by atoms with E-state index in [-0.39, 0.29) is 5.91 Å². The number of amides is 1. The molecule has 0 unspecified atom stereocenters. The first-order chi connectivity index (χ1) is 12.1. The highest BCUT2D eigenvalue weighted by Gasteiger charge is 2.39. The molecule has 2 fully saturated rings. The maximum absolute atomic E-state index is 11.6. The normalized spacial score (nSPS) is 25.5. The van der Waals surface area contributed by atoms with Crippen LogP contribution in [0.3, 0.4) is 0 Å². The van der Waals surface area contributed by atoms with Gasteiger partial charge in [-0.1, -0.05) is 6.07 Å². The van der Waals surface area contributed by atoms with Crippen LogP contribution in [0.1, 0.15) is 24.8 Å². The van der Waals surface area contributed by atoms with Crippen LogP contribution in [0.15, 0.2) is 12.1 Å². The zero-order valence-electron chi connectivity index (χ0n) is 15.5. The van der Waals surface area contributed by atoms with Gasteiger partial charge in [0, 0.05) is 31.1 Å². The second-order valence-electron chi connectivity index (χ2n) is 7.06. The maximum Gasteiger partial charge on any atom is 0.220 e. The van der Waals surface area contributed by atoms with Gasteiger partial charge in [-0.2, -0.15) is 0 Å². The molecule has 1 saturated heterocycles. The molecule has 1 aromatic rings. The van der Waals surface area contributed by atoms with Gasteiger partial charge in [-0.15, -0.1) is 0 Å². The van der Waals surface area contributed by atoms with Gasteiger partial charge in [0.05, 0.1) is 21.3 Å². The first kappa shape index (κ1) is 17.9. The molecule has 1 aromatic carbocycles. The summed E-state index contributed by atoms with van der Waals surface area (Å²) < 4.78 is 16.4. The molecule has 0 aromatic heterocycles.